The third kappa shape index (κ3) is 5.30. The second kappa shape index (κ2) is 5.63. The molecular formula is C10H20N2O2S. The lowest BCUT2D eigenvalue weighted by Crippen LogP contribution is -2.42. The minimum atomic E-state index is -3.15. The van der Waals surface area contributed by atoms with Gasteiger partial charge >= 0.3 is 0 Å². The molecule has 4 nitrogen and oxygen atoms in total. The van der Waals surface area contributed by atoms with Crippen LogP contribution < -0.4 is 10.0 Å². The molecule has 0 aromatic carbocycles. The molecule has 1 unspecified atom stereocenters. The summed E-state index contributed by atoms with van der Waals surface area (Å²) in [5.74, 6) is 0.181. The van der Waals surface area contributed by atoms with Crippen molar-refractivity contribution in [3.63, 3.8) is 0 Å². The summed E-state index contributed by atoms with van der Waals surface area (Å²) in [6.45, 7) is 6.74. The molecule has 0 aromatic heterocycles. The van der Waals surface area contributed by atoms with Crippen LogP contribution in [0.15, 0.2) is 12.2 Å². The highest BCUT2D eigenvalue weighted by Crippen LogP contribution is 2.08. The van der Waals surface area contributed by atoms with Gasteiger partial charge in [0.2, 0.25) is 10.0 Å². The molecule has 1 heterocycles. The van der Waals surface area contributed by atoms with Gasteiger partial charge in [-0.05, 0) is 26.3 Å². The van der Waals surface area contributed by atoms with Gasteiger partial charge in [-0.15, -0.1) is 0 Å². The van der Waals surface area contributed by atoms with Crippen LogP contribution in [-0.4, -0.2) is 33.3 Å². The first-order chi connectivity index (χ1) is 6.99. The van der Waals surface area contributed by atoms with Crippen LogP contribution in [0.1, 0.15) is 26.2 Å². The predicted octanol–water partition coefficient (Wildman–Crippen LogP) is 0.624. The molecule has 0 radical (unpaired) electrons. The Morgan fingerprint density at radius 3 is 2.80 bits per heavy atom. The summed E-state index contributed by atoms with van der Waals surface area (Å²) in [6.07, 6.45) is 3.22. The first-order valence-electron chi connectivity index (χ1n) is 5.35. The van der Waals surface area contributed by atoms with Crippen LogP contribution in [0.4, 0.5) is 0 Å². The summed E-state index contributed by atoms with van der Waals surface area (Å²) in [7, 11) is -3.15. The van der Waals surface area contributed by atoms with Crippen LogP contribution in [-0.2, 0) is 10.0 Å². The number of hydrogen-bond acceptors (Lipinski definition) is 3. The summed E-state index contributed by atoms with van der Waals surface area (Å²) >= 11 is 0. The van der Waals surface area contributed by atoms with Crippen LogP contribution in [0.2, 0.25) is 0 Å². The SMILES string of the molecule is C=C(C)CNS(=O)(=O)CC1CCCCN1. The molecule has 0 amide bonds. The molecule has 0 spiro atoms. The van der Waals surface area contributed by atoms with Crippen molar-refractivity contribution in [3.05, 3.63) is 12.2 Å². The molecule has 1 rings (SSSR count). The molecule has 5 heteroatoms. The van der Waals surface area contributed by atoms with Gasteiger partial charge in [0.25, 0.3) is 0 Å². The lowest BCUT2D eigenvalue weighted by molar-refractivity contribution is 0.422. The number of hydrogen-bond donors (Lipinski definition) is 2. The van der Waals surface area contributed by atoms with E-state index < -0.39 is 10.0 Å². The van der Waals surface area contributed by atoms with Crippen molar-refractivity contribution in [2.24, 2.45) is 0 Å². The van der Waals surface area contributed by atoms with E-state index in [-0.39, 0.29) is 11.8 Å². The van der Waals surface area contributed by atoms with Gasteiger partial charge in [0.15, 0.2) is 0 Å². The highest BCUT2D eigenvalue weighted by atomic mass is 32.2. The van der Waals surface area contributed by atoms with Gasteiger partial charge in [-0.25, -0.2) is 13.1 Å². The maximum atomic E-state index is 11.6. The molecule has 1 aliphatic rings. The largest absolute Gasteiger partial charge is 0.313 e. The van der Waals surface area contributed by atoms with Gasteiger partial charge in [0.1, 0.15) is 0 Å². The van der Waals surface area contributed by atoms with E-state index in [0.29, 0.717) is 6.54 Å². The maximum Gasteiger partial charge on any atom is 0.213 e. The smallest absolute Gasteiger partial charge is 0.213 e. The zero-order chi connectivity index (χ0) is 11.3. The fourth-order valence-corrected chi connectivity index (χ4v) is 3.02. The molecule has 1 fully saturated rings. The standard InChI is InChI=1S/C10H20N2O2S/c1-9(2)7-12-15(13,14)8-10-5-3-4-6-11-10/h10-12H,1,3-8H2,2H3. The molecule has 0 saturated carbocycles. The van der Waals surface area contributed by atoms with Gasteiger partial charge in [-0.2, -0.15) is 0 Å². The van der Waals surface area contributed by atoms with Gasteiger partial charge in [0, 0.05) is 12.6 Å². The van der Waals surface area contributed by atoms with Gasteiger partial charge in [-0.3, -0.25) is 0 Å². The summed E-state index contributed by atoms with van der Waals surface area (Å²) in [5, 5.41) is 3.22. The Bertz CT molecular complexity index is 305. The minimum absolute atomic E-state index is 0.112. The first-order valence-corrected chi connectivity index (χ1v) is 7.00. The lowest BCUT2D eigenvalue weighted by Gasteiger charge is -2.23. The summed E-state index contributed by atoms with van der Waals surface area (Å²) in [5.41, 5.74) is 0.829. The summed E-state index contributed by atoms with van der Waals surface area (Å²) in [4.78, 5) is 0. The van der Waals surface area contributed by atoms with Crippen LogP contribution >= 0.6 is 0 Å². The van der Waals surface area contributed by atoms with Crippen molar-refractivity contribution in [2.45, 2.75) is 32.2 Å². The van der Waals surface area contributed by atoms with Crippen molar-refractivity contribution < 1.29 is 8.42 Å². The molecule has 0 bridgehead atoms. The topological polar surface area (TPSA) is 58.2 Å². The molecule has 1 aliphatic heterocycles. The molecule has 15 heavy (non-hydrogen) atoms. The molecule has 0 aromatic rings. The van der Waals surface area contributed by atoms with E-state index in [1.54, 1.807) is 6.92 Å². The molecular weight excluding hydrogens is 212 g/mol. The second-order valence-corrected chi connectivity index (χ2v) is 6.06. The van der Waals surface area contributed by atoms with E-state index in [2.05, 4.69) is 16.6 Å². The fourth-order valence-electron chi connectivity index (χ4n) is 1.62. The quantitative estimate of drug-likeness (QED) is 0.683. The Balaban J connectivity index is 2.37. The minimum Gasteiger partial charge on any atom is -0.313 e. The van der Waals surface area contributed by atoms with Crippen LogP contribution in [0, 0.1) is 0 Å². The molecule has 88 valence electrons. The van der Waals surface area contributed by atoms with Crippen molar-refractivity contribution in [1.29, 1.82) is 0 Å². The van der Waals surface area contributed by atoms with E-state index in [1.807, 2.05) is 0 Å². The average molecular weight is 232 g/mol. The first kappa shape index (κ1) is 12.7. The Hall–Kier alpha value is -0.390. The monoisotopic (exact) mass is 232 g/mol. The number of nitrogens with one attached hydrogen (secondary N) is 2. The van der Waals surface area contributed by atoms with E-state index in [9.17, 15) is 8.42 Å². The van der Waals surface area contributed by atoms with Crippen molar-refractivity contribution in [3.8, 4) is 0 Å². The van der Waals surface area contributed by atoms with E-state index in [1.165, 1.54) is 0 Å². The molecule has 0 aliphatic carbocycles. The van der Waals surface area contributed by atoms with Crippen LogP contribution in [0.5, 0.6) is 0 Å². The van der Waals surface area contributed by atoms with Gasteiger partial charge in [-0.1, -0.05) is 18.6 Å². The Morgan fingerprint density at radius 2 is 2.27 bits per heavy atom. The number of rotatable bonds is 5. The van der Waals surface area contributed by atoms with Gasteiger partial charge < -0.3 is 5.32 Å². The Labute approximate surface area is 92.2 Å². The van der Waals surface area contributed by atoms with Crippen molar-refractivity contribution in [1.82, 2.24) is 10.0 Å². The summed E-state index contributed by atoms with van der Waals surface area (Å²) < 4.78 is 25.8. The van der Waals surface area contributed by atoms with Crippen LogP contribution in [0.3, 0.4) is 0 Å². The van der Waals surface area contributed by atoms with Gasteiger partial charge in [0.05, 0.1) is 5.75 Å². The van der Waals surface area contributed by atoms with Crippen molar-refractivity contribution in [2.75, 3.05) is 18.8 Å². The highest BCUT2D eigenvalue weighted by Gasteiger charge is 2.20. The number of sulfonamides is 1. The van der Waals surface area contributed by atoms with Crippen LogP contribution in [0.25, 0.3) is 0 Å². The van der Waals surface area contributed by atoms with E-state index >= 15 is 0 Å². The van der Waals surface area contributed by atoms with E-state index in [4.69, 9.17) is 0 Å². The predicted molar refractivity (Wildman–Crippen MR) is 62.2 cm³/mol. The normalized spacial score (nSPS) is 22.6. The summed E-state index contributed by atoms with van der Waals surface area (Å²) in [6, 6.07) is 0.112. The third-order valence-electron chi connectivity index (χ3n) is 2.43. The zero-order valence-corrected chi connectivity index (χ0v) is 10.1. The van der Waals surface area contributed by atoms with E-state index in [0.717, 1.165) is 31.4 Å². The van der Waals surface area contributed by atoms with Crippen molar-refractivity contribution >= 4 is 10.0 Å². The third-order valence-corrected chi connectivity index (χ3v) is 3.85. The Morgan fingerprint density at radius 1 is 1.53 bits per heavy atom. The highest BCUT2D eigenvalue weighted by molar-refractivity contribution is 7.89. The molecule has 1 saturated heterocycles. The fraction of sp³-hybridized carbons (Fsp3) is 0.800. The lowest BCUT2D eigenvalue weighted by atomic mass is 10.1. The average Bonchev–Trinajstić information content (AvgIpc) is 2.16. The maximum absolute atomic E-state index is 11.6. The number of piperidine rings is 1. The molecule has 2 N–H and O–H groups in total. The second-order valence-electron chi connectivity index (χ2n) is 4.21. The molecule has 1 atom stereocenters. The Kier molecular flexibility index (Phi) is 4.76. The zero-order valence-electron chi connectivity index (χ0n) is 9.25.